The second-order valence-corrected chi connectivity index (χ2v) is 7.05. The van der Waals surface area contributed by atoms with Crippen LogP contribution in [0.3, 0.4) is 0 Å². The molecule has 0 aromatic heterocycles. The first-order valence-corrected chi connectivity index (χ1v) is 7.84. The van der Waals surface area contributed by atoms with Crippen molar-refractivity contribution < 1.29 is 0 Å². The van der Waals surface area contributed by atoms with Crippen LogP contribution in [0.5, 0.6) is 0 Å². The van der Waals surface area contributed by atoms with Crippen molar-refractivity contribution in [1.29, 1.82) is 0 Å². The van der Waals surface area contributed by atoms with E-state index in [-0.39, 0.29) is 5.54 Å². The van der Waals surface area contributed by atoms with E-state index >= 15 is 0 Å². The Kier molecular flexibility index (Phi) is 4.18. The molecule has 0 radical (unpaired) electrons. The van der Waals surface area contributed by atoms with E-state index in [1.165, 1.54) is 51.4 Å². The number of nitrogens with two attached hydrogens (primary N) is 1. The Bertz CT molecular complexity index is 240. The molecule has 3 atom stereocenters. The molecule has 1 heteroatoms. The average Bonchev–Trinajstić information content (AvgIpc) is 2.33. The summed E-state index contributed by atoms with van der Waals surface area (Å²) in [6.07, 6.45) is 10.9. The molecule has 2 aliphatic carbocycles. The number of hydrogen-bond donors (Lipinski definition) is 1. The van der Waals surface area contributed by atoms with Gasteiger partial charge in [0.25, 0.3) is 0 Å². The molecule has 2 rings (SSSR count). The predicted octanol–water partition coefficient (Wildman–Crippen LogP) is 4.36. The minimum absolute atomic E-state index is 0.195. The van der Waals surface area contributed by atoms with Crippen LogP contribution < -0.4 is 5.73 Å². The summed E-state index contributed by atoms with van der Waals surface area (Å²) in [7, 11) is 0. The lowest BCUT2D eigenvalue weighted by atomic mass is 9.62. The van der Waals surface area contributed by atoms with Crippen LogP contribution in [-0.4, -0.2) is 5.54 Å². The molecule has 0 aromatic carbocycles. The zero-order valence-corrected chi connectivity index (χ0v) is 12.0. The monoisotopic (exact) mass is 237 g/mol. The van der Waals surface area contributed by atoms with E-state index in [1.807, 2.05) is 0 Å². The van der Waals surface area contributed by atoms with Gasteiger partial charge in [-0.15, -0.1) is 0 Å². The molecular weight excluding hydrogens is 206 g/mol. The third kappa shape index (κ3) is 2.86. The van der Waals surface area contributed by atoms with E-state index in [2.05, 4.69) is 20.8 Å². The largest absolute Gasteiger partial charge is 0.325 e. The van der Waals surface area contributed by atoms with Crippen LogP contribution in [0.4, 0.5) is 0 Å². The van der Waals surface area contributed by atoms with E-state index in [0.717, 1.165) is 23.7 Å². The molecule has 0 aromatic rings. The zero-order chi connectivity index (χ0) is 12.5. The maximum Gasteiger partial charge on any atom is 0.0183 e. The lowest BCUT2D eigenvalue weighted by molar-refractivity contribution is 0.0895. The van der Waals surface area contributed by atoms with Gasteiger partial charge in [-0.1, -0.05) is 33.6 Å². The van der Waals surface area contributed by atoms with E-state index in [0.29, 0.717) is 0 Å². The van der Waals surface area contributed by atoms with Gasteiger partial charge in [0.15, 0.2) is 0 Å². The Labute approximate surface area is 108 Å². The summed E-state index contributed by atoms with van der Waals surface area (Å²) < 4.78 is 0. The molecule has 2 saturated carbocycles. The van der Waals surface area contributed by atoms with E-state index in [1.54, 1.807) is 0 Å². The molecule has 2 N–H and O–H groups in total. The molecule has 0 aliphatic heterocycles. The van der Waals surface area contributed by atoms with Crippen molar-refractivity contribution >= 4 is 0 Å². The van der Waals surface area contributed by atoms with Gasteiger partial charge >= 0.3 is 0 Å². The summed E-state index contributed by atoms with van der Waals surface area (Å²) in [6, 6.07) is 0. The third-order valence-electron chi connectivity index (χ3n) is 6.02. The molecule has 100 valence electrons. The molecule has 0 bridgehead atoms. The third-order valence-corrected chi connectivity index (χ3v) is 6.02. The van der Waals surface area contributed by atoms with Crippen molar-refractivity contribution in [2.45, 2.75) is 77.7 Å². The predicted molar refractivity (Wildman–Crippen MR) is 74.8 cm³/mol. The van der Waals surface area contributed by atoms with Crippen LogP contribution in [0.1, 0.15) is 72.1 Å². The second kappa shape index (κ2) is 5.30. The Morgan fingerprint density at radius 3 is 2.18 bits per heavy atom. The summed E-state index contributed by atoms with van der Waals surface area (Å²) in [4.78, 5) is 0. The first-order valence-electron chi connectivity index (χ1n) is 7.84. The van der Waals surface area contributed by atoms with Gasteiger partial charge < -0.3 is 5.73 Å². The Morgan fingerprint density at radius 1 is 1.00 bits per heavy atom. The van der Waals surface area contributed by atoms with Gasteiger partial charge in [-0.25, -0.2) is 0 Å². The van der Waals surface area contributed by atoms with Gasteiger partial charge in [-0.3, -0.25) is 0 Å². The number of rotatable bonds is 2. The molecular formula is C16H31N. The summed E-state index contributed by atoms with van der Waals surface area (Å²) >= 11 is 0. The maximum absolute atomic E-state index is 6.76. The van der Waals surface area contributed by atoms with Crippen molar-refractivity contribution in [3.63, 3.8) is 0 Å². The van der Waals surface area contributed by atoms with Crippen LogP contribution in [0.2, 0.25) is 0 Å². The van der Waals surface area contributed by atoms with Crippen molar-refractivity contribution in [2.75, 3.05) is 0 Å². The van der Waals surface area contributed by atoms with Crippen molar-refractivity contribution in [3.8, 4) is 0 Å². The normalized spacial score (nSPS) is 48.0. The van der Waals surface area contributed by atoms with Crippen LogP contribution in [0.15, 0.2) is 0 Å². The fourth-order valence-corrected chi connectivity index (χ4v) is 4.10. The maximum atomic E-state index is 6.76. The highest BCUT2D eigenvalue weighted by Crippen LogP contribution is 2.44. The van der Waals surface area contributed by atoms with Gasteiger partial charge in [-0.05, 0) is 62.2 Å². The van der Waals surface area contributed by atoms with Gasteiger partial charge in [-0.2, -0.15) is 0 Å². The molecule has 17 heavy (non-hydrogen) atoms. The molecule has 2 aliphatic rings. The zero-order valence-electron chi connectivity index (χ0n) is 12.0. The molecule has 0 saturated heterocycles. The number of hydrogen-bond acceptors (Lipinski definition) is 1. The van der Waals surface area contributed by atoms with Gasteiger partial charge in [0.1, 0.15) is 0 Å². The Hall–Kier alpha value is -0.0400. The van der Waals surface area contributed by atoms with E-state index in [9.17, 15) is 0 Å². The topological polar surface area (TPSA) is 26.0 Å². The van der Waals surface area contributed by atoms with Crippen LogP contribution in [0, 0.1) is 23.7 Å². The SMILES string of the molecule is CCC1CCC(N)(C2CCC(C)C(C)C2)CC1. The highest BCUT2D eigenvalue weighted by atomic mass is 14.8. The summed E-state index contributed by atoms with van der Waals surface area (Å²) in [5.74, 6) is 3.58. The molecule has 0 amide bonds. The first kappa shape index (κ1) is 13.4. The van der Waals surface area contributed by atoms with Crippen LogP contribution in [-0.2, 0) is 0 Å². The molecule has 0 heterocycles. The molecule has 2 fully saturated rings. The molecule has 3 unspecified atom stereocenters. The second-order valence-electron chi connectivity index (χ2n) is 7.05. The Morgan fingerprint density at radius 2 is 1.65 bits per heavy atom. The molecule has 1 nitrogen and oxygen atoms in total. The smallest absolute Gasteiger partial charge is 0.0183 e. The quantitative estimate of drug-likeness (QED) is 0.759. The van der Waals surface area contributed by atoms with Crippen molar-refractivity contribution in [1.82, 2.24) is 0 Å². The van der Waals surface area contributed by atoms with E-state index in [4.69, 9.17) is 5.73 Å². The summed E-state index contributed by atoms with van der Waals surface area (Å²) in [5, 5.41) is 0. The van der Waals surface area contributed by atoms with Gasteiger partial charge in [0.05, 0.1) is 0 Å². The van der Waals surface area contributed by atoms with Gasteiger partial charge in [0, 0.05) is 5.54 Å². The molecule has 0 spiro atoms. The van der Waals surface area contributed by atoms with Gasteiger partial charge in [0.2, 0.25) is 0 Å². The van der Waals surface area contributed by atoms with E-state index < -0.39 is 0 Å². The Balaban J connectivity index is 1.93. The van der Waals surface area contributed by atoms with Crippen molar-refractivity contribution in [3.05, 3.63) is 0 Å². The summed E-state index contributed by atoms with van der Waals surface area (Å²) in [6.45, 7) is 7.18. The standard InChI is InChI=1S/C16H31N/c1-4-14-7-9-16(17,10-8-14)15-6-5-12(2)13(3)11-15/h12-15H,4-11,17H2,1-3H3. The van der Waals surface area contributed by atoms with Crippen LogP contribution in [0.25, 0.3) is 0 Å². The van der Waals surface area contributed by atoms with Crippen LogP contribution >= 0.6 is 0 Å². The lowest BCUT2D eigenvalue weighted by Crippen LogP contribution is -2.51. The van der Waals surface area contributed by atoms with Crippen molar-refractivity contribution in [2.24, 2.45) is 29.4 Å². The lowest BCUT2D eigenvalue weighted by Gasteiger charge is -2.47. The minimum atomic E-state index is 0.195. The fourth-order valence-electron chi connectivity index (χ4n) is 4.10. The highest BCUT2D eigenvalue weighted by Gasteiger charge is 2.40. The highest BCUT2D eigenvalue weighted by molar-refractivity contribution is 4.97. The minimum Gasteiger partial charge on any atom is -0.325 e. The average molecular weight is 237 g/mol. The first-order chi connectivity index (χ1) is 8.05. The fraction of sp³-hybridized carbons (Fsp3) is 1.00. The summed E-state index contributed by atoms with van der Waals surface area (Å²) in [5.41, 5.74) is 6.95.